The molecular formula is C23H40N6O7S4. The van der Waals surface area contributed by atoms with Crippen molar-refractivity contribution < 1.29 is 31.4 Å². The number of nitrogens with one attached hydrogen (secondary N) is 2. The second-order valence-electron chi connectivity index (χ2n) is 10.6. The third-order valence-corrected chi connectivity index (χ3v) is 12.0. The molecule has 1 fully saturated rings. The molecule has 0 saturated carbocycles. The summed E-state index contributed by atoms with van der Waals surface area (Å²) in [6, 6.07) is 1.23. The lowest BCUT2D eigenvalue weighted by atomic mass is 10.1. The third kappa shape index (κ3) is 8.78. The van der Waals surface area contributed by atoms with Crippen LogP contribution in [0.1, 0.15) is 52.6 Å². The first kappa shape index (κ1) is 33.1. The van der Waals surface area contributed by atoms with Gasteiger partial charge < -0.3 is 30.1 Å². The normalized spacial score (nSPS) is 21.7. The van der Waals surface area contributed by atoms with Crippen LogP contribution in [0.25, 0.3) is 0 Å². The van der Waals surface area contributed by atoms with Crippen LogP contribution in [0.4, 0.5) is 5.82 Å². The smallest absolute Gasteiger partial charge is 0.270 e. The lowest BCUT2D eigenvalue weighted by Crippen LogP contribution is -2.42. The molecule has 3 atom stereocenters. The van der Waals surface area contributed by atoms with E-state index >= 15 is 0 Å². The first-order valence-corrected chi connectivity index (χ1v) is 17.6. The number of sulfone groups is 1. The third-order valence-electron chi connectivity index (χ3n) is 6.20. The maximum atomic E-state index is 12.2. The van der Waals surface area contributed by atoms with E-state index in [4.69, 9.17) is 14.6 Å². The molecule has 4 rings (SSSR count). The van der Waals surface area contributed by atoms with Gasteiger partial charge in [-0.1, -0.05) is 6.92 Å². The number of hydrogen-bond acceptors (Lipinski definition) is 14. The van der Waals surface area contributed by atoms with Gasteiger partial charge in [-0.3, -0.25) is 0 Å². The number of aromatic nitrogens is 2. The molecule has 13 nitrogen and oxygen atoms in total. The van der Waals surface area contributed by atoms with E-state index in [0.29, 0.717) is 44.2 Å². The Labute approximate surface area is 244 Å². The summed E-state index contributed by atoms with van der Waals surface area (Å²) < 4.78 is 66.7. The minimum Gasteiger partial charge on any atom is -0.472 e. The lowest BCUT2D eigenvalue weighted by Gasteiger charge is -2.27. The van der Waals surface area contributed by atoms with E-state index < -0.39 is 31.2 Å². The van der Waals surface area contributed by atoms with Crippen molar-refractivity contribution in [3.8, 4) is 5.88 Å². The number of thiophene rings is 1. The monoisotopic (exact) mass is 640 g/mol. The van der Waals surface area contributed by atoms with Gasteiger partial charge in [-0.25, -0.2) is 22.0 Å². The molecule has 0 aliphatic carbocycles. The number of rotatable bonds is 9. The maximum absolute atomic E-state index is 12.2. The number of fused-ring (bicyclic) bond motifs is 1. The molecule has 2 aromatic heterocycles. The highest BCUT2D eigenvalue weighted by Crippen LogP contribution is 2.42. The van der Waals surface area contributed by atoms with Crippen LogP contribution in [0.2, 0.25) is 0 Å². The Kier molecular flexibility index (Phi) is 11.3. The van der Waals surface area contributed by atoms with E-state index in [1.54, 1.807) is 6.92 Å². The van der Waals surface area contributed by atoms with E-state index in [1.807, 2.05) is 6.92 Å². The van der Waals surface area contributed by atoms with Crippen molar-refractivity contribution in [3.05, 3.63) is 11.6 Å². The van der Waals surface area contributed by atoms with E-state index in [0.717, 1.165) is 42.0 Å². The Morgan fingerprint density at radius 2 is 1.98 bits per heavy atom. The molecule has 17 heteroatoms. The van der Waals surface area contributed by atoms with Gasteiger partial charge in [-0.05, 0) is 46.7 Å². The molecule has 0 spiro atoms. The van der Waals surface area contributed by atoms with Crippen molar-refractivity contribution in [2.24, 2.45) is 5.14 Å². The summed E-state index contributed by atoms with van der Waals surface area (Å²) in [4.78, 5) is 2.10. The van der Waals surface area contributed by atoms with Gasteiger partial charge in [0.25, 0.3) is 5.88 Å². The number of aliphatic hydroxyl groups is 1. The summed E-state index contributed by atoms with van der Waals surface area (Å²) in [6.07, 6.45) is -0.146. The number of sulfonamides is 1. The molecule has 0 aromatic carbocycles. The Morgan fingerprint density at radius 3 is 2.58 bits per heavy atom. The van der Waals surface area contributed by atoms with Crippen molar-refractivity contribution in [1.29, 1.82) is 0 Å². The van der Waals surface area contributed by atoms with Crippen LogP contribution in [-0.4, -0.2) is 93.6 Å². The summed E-state index contributed by atoms with van der Waals surface area (Å²) in [5.41, 5.74) is 0.497. The molecular weight excluding hydrogens is 601 g/mol. The summed E-state index contributed by atoms with van der Waals surface area (Å²) in [6.45, 7) is 14.0. The highest BCUT2D eigenvalue weighted by Gasteiger charge is 2.39. The maximum Gasteiger partial charge on any atom is 0.270 e. The minimum atomic E-state index is -3.88. The zero-order valence-corrected chi connectivity index (χ0v) is 26.7. The van der Waals surface area contributed by atoms with Crippen LogP contribution < -0.4 is 25.4 Å². The average molecular weight is 641 g/mol. The molecule has 228 valence electrons. The number of nitrogens with zero attached hydrogens (tertiary/aromatic N) is 3. The van der Waals surface area contributed by atoms with Gasteiger partial charge in [0.15, 0.2) is 9.84 Å². The molecule has 40 heavy (non-hydrogen) atoms. The van der Waals surface area contributed by atoms with Gasteiger partial charge in [0.05, 0.1) is 30.2 Å². The fourth-order valence-corrected chi connectivity index (χ4v) is 9.01. The van der Waals surface area contributed by atoms with Gasteiger partial charge in [-0.2, -0.15) is 4.37 Å². The molecule has 0 bridgehead atoms. The molecule has 1 saturated heterocycles. The highest BCUT2D eigenvalue weighted by atomic mass is 32.3. The number of β-amino-alcohol motifs (C(OH)–C–C–N with tert-alkyl or cyclic N) is 1. The molecule has 5 N–H and O–H groups in total. The molecule has 4 heterocycles. The predicted octanol–water partition coefficient (Wildman–Crippen LogP) is 1.11. The SMILES string of the molecule is CC(C)(C)NC[C@H](O)COc1nsnc1N1CCOCC1.CCN[C@H]1C[C@H](C)S(=O)(=O)c2sc(S(N)(=O)=O)cc21. The van der Waals surface area contributed by atoms with E-state index in [9.17, 15) is 21.9 Å². The highest BCUT2D eigenvalue weighted by molar-refractivity contribution is 7.95. The summed E-state index contributed by atoms with van der Waals surface area (Å²) in [7, 11) is -7.33. The molecule has 0 amide bonds. The van der Waals surface area contributed by atoms with Crippen LogP contribution in [0.5, 0.6) is 5.88 Å². The van der Waals surface area contributed by atoms with Crippen LogP contribution >= 0.6 is 23.1 Å². The van der Waals surface area contributed by atoms with Gasteiger partial charge in [0.1, 0.15) is 21.1 Å². The van der Waals surface area contributed by atoms with Crippen LogP contribution in [0.3, 0.4) is 0 Å². The standard InChI is InChI=1S/C13H24N4O3S.C10H16N2O4S3/c1-13(2,3)14-8-10(18)9-20-12-11(15-21-16-12)17-4-6-19-7-5-17;1-3-12-8-4-6(2)18(13,14)10-7(8)5-9(17-10)19(11,15)16/h10,14,18H,4-9H2,1-3H3;5-6,8,12H,3-4H2,1-2H3,(H2,11,15,16)/t10-;6-,8-/m00/s1. The number of ether oxygens (including phenoxy) is 2. The Bertz CT molecular complexity index is 1320. The number of anilines is 1. The van der Waals surface area contributed by atoms with Crippen molar-refractivity contribution in [3.63, 3.8) is 0 Å². The van der Waals surface area contributed by atoms with Crippen molar-refractivity contribution in [1.82, 2.24) is 19.4 Å². The number of primary sulfonamides is 1. The average Bonchev–Trinajstić information content (AvgIpc) is 3.54. The Hall–Kier alpha value is -1.44. The summed E-state index contributed by atoms with van der Waals surface area (Å²) >= 11 is 1.87. The van der Waals surface area contributed by atoms with Crippen LogP contribution in [0, 0.1) is 0 Å². The summed E-state index contributed by atoms with van der Waals surface area (Å²) in [5.74, 6) is 1.25. The fourth-order valence-electron chi connectivity index (χ4n) is 4.07. The van der Waals surface area contributed by atoms with Gasteiger partial charge in [0.2, 0.25) is 15.8 Å². The van der Waals surface area contributed by atoms with E-state index in [1.165, 1.54) is 6.07 Å². The van der Waals surface area contributed by atoms with Crippen molar-refractivity contribution in [2.75, 3.05) is 50.9 Å². The summed E-state index contributed by atoms with van der Waals surface area (Å²) in [5, 5.41) is 20.9. The molecule has 2 aliphatic rings. The quantitative estimate of drug-likeness (QED) is 0.306. The first-order valence-electron chi connectivity index (χ1n) is 13.0. The second kappa shape index (κ2) is 13.7. The number of aliphatic hydroxyl groups excluding tert-OH is 1. The Balaban J connectivity index is 0.000000222. The number of morpholine rings is 1. The number of nitrogens with two attached hydrogens (primary N) is 1. The number of hydrogen-bond donors (Lipinski definition) is 4. The van der Waals surface area contributed by atoms with Crippen LogP contribution in [0.15, 0.2) is 14.5 Å². The van der Waals surface area contributed by atoms with E-state index in [-0.39, 0.29) is 26.6 Å². The lowest BCUT2D eigenvalue weighted by molar-refractivity contribution is 0.0975. The van der Waals surface area contributed by atoms with Crippen molar-refractivity contribution in [2.45, 2.75) is 72.4 Å². The van der Waals surface area contributed by atoms with Gasteiger partial charge >= 0.3 is 0 Å². The minimum absolute atomic E-state index is 0.0257. The first-order chi connectivity index (χ1) is 18.6. The topological polar surface area (TPSA) is 186 Å². The van der Waals surface area contributed by atoms with Crippen molar-refractivity contribution >= 4 is 48.7 Å². The second-order valence-corrected chi connectivity index (χ2v) is 16.6. The van der Waals surface area contributed by atoms with E-state index in [2.05, 4.69) is 45.1 Å². The predicted molar refractivity (Wildman–Crippen MR) is 156 cm³/mol. The van der Waals surface area contributed by atoms with Gasteiger partial charge in [0, 0.05) is 36.8 Å². The largest absolute Gasteiger partial charge is 0.472 e. The molecule has 0 unspecified atom stereocenters. The molecule has 0 radical (unpaired) electrons. The zero-order valence-electron chi connectivity index (χ0n) is 23.4. The fraction of sp³-hybridized carbons (Fsp3) is 0.739. The zero-order chi connectivity index (χ0) is 29.7. The van der Waals surface area contributed by atoms with Crippen LogP contribution in [-0.2, 0) is 24.6 Å². The molecule has 2 aliphatic heterocycles. The Morgan fingerprint density at radius 1 is 1.30 bits per heavy atom. The van der Waals surface area contributed by atoms with Gasteiger partial charge in [-0.15, -0.1) is 15.7 Å². The molecule has 2 aromatic rings.